The van der Waals surface area contributed by atoms with Crippen molar-refractivity contribution < 1.29 is 9.53 Å². The van der Waals surface area contributed by atoms with E-state index in [1.54, 1.807) is 18.3 Å². The monoisotopic (exact) mass is 194 g/mol. The number of nitrogens with two attached hydrogens (primary N) is 1. The standard InChI is InChI=1S/C10H14N2O2/c1-7(2)14-6-9(13)10-8(11)4-3-5-12-10/h3-5,7H,6,11H2,1-2H3. The molecule has 0 amide bonds. The molecule has 1 rings (SSSR count). The van der Waals surface area contributed by atoms with Crippen LogP contribution in [-0.4, -0.2) is 23.5 Å². The third-order valence-electron chi connectivity index (χ3n) is 1.65. The molecule has 0 aromatic carbocycles. The molecule has 14 heavy (non-hydrogen) atoms. The van der Waals surface area contributed by atoms with Crippen LogP contribution in [0.25, 0.3) is 0 Å². The Morgan fingerprint density at radius 2 is 2.36 bits per heavy atom. The van der Waals surface area contributed by atoms with Crippen LogP contribution in [0.3, 0.4) is 0 Å². The molecule has 0 fully saturated rings. The molecule has 0 saturated carbocycles. The SMILES string of the molecule is CC(C)OCC(=O)c1ncccc1N. The lowest BCUT2D eigenvalue weighted by Crippen LogP contribution is -2.16. The molecule has 0 atom stereocenters. The number of carbonyl (C=O) groups excluding carboxylic acids is 1. The largest absolute Gasteiger partial charge is 0.397 e. The zero-order valence-corrected chi connectivity index (χ0v) is 8.36. The van der Waals surface area contributed by atoms with Gasteiger partial charge in [-0.3, -0.25) is 9.78 Å². The Hall–Kier alpha value is -1.42. The number of nitrogen functional groups attached to an aromatic ring is 1. The van der Waals surface area contributed by atoms with Gasteiger partial charge < -0.3 is 10.5 Å². The van der Waals surface area contributed by atoms with Crippen molar-refractivity contribution in [1.29, 1.82) is 0 Å². The molecule has 0 bridgehead atoms. The molecule has 0 spiro atoms. The van der Waals surface area contributed by atoms with Gasteiger partial charge in [-0.2, -0.15) is 0 Å². The van der Waals surface area contributed by atoms with E-state index in [0.29, 0.717) is 5.69 Å². The predicted octanol–water partition coefficient (Wildman–Crippen LogP) is 1.27. The summed E-state index contributed by atoms with van der Waals surface area (Å²) in [5, 5.41) is 0. The molecular formula is C10H14N2O2. The number of aromatic nitrogens is 1. The minimum Gasteiger partial charge on any atom is -0.397 e. The van der Waals surface area contributed by atoms with Crippen LogP contribution in [0.4, 0.5) is 5.69 Å². The van der Waals surface area contributed by atoms with Gasteiger partial charge in [-0.05, 0) is 26.0 Å². The second-order valence-corrected chi connectivity index (χ2v) is 3.22. The predicted molar refractivity (Wildman–Crippen MR) is 54.1 cm³/mol. The summed E-state index contributed by atoms with van der Waals surface area (Å²) in [7, 11) is 0. The molecule has 1 heterocycles. The number of Topliss-reactive ketones (excluding diaryl/α,β-unsaturated/α-hetero) is 1. The highest BCUT2D eigenvalue weighted by Crippen LogP contribution is 2.08. The Balaban J connectivity index is 2.65. The molecule has 76 valence electrons. The van der Waals surface area contributed by atoms with Gasteiger partial charge in [0.2, 0.25) is 5.78 Å². The lowest BCUT2D eigenvalue weighted by Gasteiger charge is -2.06. The first kappa shape index (κ1) is 10.7. The van der Waals surface area contributed by atoms with Crippen molar-refractivity contribution in [3.63, 3.8) is 0 Å². The van der Waals surface area contributed by atoms with Crippen molar-refractivity contribution in [3.8, 4) is 0 Å². The van der Waals surface area contributed by atoms with Crippen LogP contribution < -0.4 is 5.73 Å². The second kappa shape index (κ2) is 4.72. The molecule has 0 saturated heterocycles. The maximum atomic E-state index is 11.5. The van der Waals surface area contributed by atoms with Gasteiger partial charge in [0.25, 0.3) is 0 Å². The molecule has 0 aliphatic heterocycles. The summed E-state index contributed by atoms with van der Waals surface area (Å²) in [5.74, 6) is -0.184. The van der Waals surface area contributed by atoms with Crippen molar-refractivity contribution in [2.45, 2.75) is 20.0 Å². The lowest BCUT2D eigenvalue weighted by atomic mass is 10.2. The highest BCUT2D eigenvalue weighted by molar-refractivity contribution is 5.99. The number of nitrogens with zero attached hydrogens (tertiary/aromatic N) is 1. The number of rotatable bonds is 4. The summed E-state index contributed by atoms with van der Waals surface area (Å²) < 4.78 is 5.17. The number of pyridine rings is 1. The Kier molecular flexibility index (Phi) is 3.59. The van der Waals surface area contributed by atoms with E-state index in [2.05, 4.69) is 4.98 Å². The molecule has 4 nitrogen and oxygen atoms in total. The summed E-state index contributed by atoms with van der Waals surface area (Å²) >= 11 is 0. The van der Waals surface area contributed by atoms with Crippen LogP contribution in [0.2, 0.25) is 0 Å². The molecule has 0 unspecified atom stereocenters. The van der Waals surface area contributed by atoms with E-state index in [-0.39, 0.29) is 24.2 Å². The van der Waals surface area contributed by atoms with E-state index in [9.17, 15) is 4.79 Å². The van der Waals surface area contributed by atoms with Crippen LogP contribution in [-0.2, 0) is 4.74 Å². The van der Waals surface area contributed by atoms with Gasteiger partial charge in [0, 0.05) is 6.20 Å². The normalized spacial score (nSPS) is 10.5. The Morgan fingerprint density at radius 1 is 1.64 bits per heavy atom. The van der Waals surface area contributed by atoms with Crippen molar-refractivity contribution in [3.05, 3.63) is 24.0 Å². The fourth-order valence-corrected chi connectivity index (χ4v) is 0.961. The Bertz CT molecular complexity index is 324. The minimum absolute atomic E-state index is 0.0267. The topological polar surface area (TPSA) is 65.2 Å². The molecule has 0 aliphatic carbocycles. The average Bonchev–Trinajstić information content (AvgIpc) is 2.15. The fraction of sp³-hybridized carbons (Fsp3) is 0.400. The number of ketones is 1. The number of hydrogen-bond acceptors (Lipinski definition) is 4. The summed E-state index contributed by atoms with van der Waals surface area (Å²) in [5.41, 5.74) is 6.27. The summed E-state index contributed by atoms with van der Waals surface area (Å²) in [6, 6.07) is 3.34. The van der Waals surface area contributed by atoms with Gasteiger partial charge in [-0.25, -0.2) is 0 Å². The number of ether oxygens (including phenoxy) is 1. The van der Waals surface area contributed by atoms with Crippen LogP contribution in [0, 0.1) is 0 Å². The smallest absolute Gasteiger partial charge is 0.208 e. The van der Waals surface area contributed by atoms with Crippen molar-refractivity contribution >= 4 is 11.5 Å². The van der Waals surface area contributed by atoms with Gasteiger partial charge in [-0.15, -0.1) is 0 Å². The number of anilines is 1. The quantitative estimate of drug-likeness (QED) is 0.733. The molecule has 2 N–H and O–H groups in total. The number of hydrogen-bond donors (Lipinski definition) is 1. The van der Waals surface area contributed by atoms with Crippen molar-refractivity contribution in [2.24, 2.45) is 0 Å². The zero-order chi connectivity index (χ0) is 10.6. The van der Waals surface area contributed by atoms with Gasteiger partial charge >= 0.3 is 0 Å². The van der Waals surface area contributed by atoms with Crippen LogP contribution in [0.15, 0.2) is 18.3 Å². The Labute approximate surface area is 83.1 Å². The molecule has 1 aromatic rings. The van der Waals surface area contributed by atoms with E-state index < -0.39 is 0 Å². The molecular weight excluding hydrogens is 180 g/mol. The highest BCUT2D eigenvalue weighted by atomic mass is 16.5. The maximum Gasteiger partial charge on any atom is 0.208 e. The maximum absolute atomic E-state index is 11.5. The highest BCUT2D eigenvalue weighted by Gasteiger charge is 2.11. The second-order valence-electron chi connectivity index (χ2n) is 3.22. The van der Waals surface area contributed by atoms with E-state index >= 15 is 0 Å². The molecule has 4 heteroatoms. The van der Waals surface area contributed by atoms with E-state index in [4.69, 9.17) is 10.5 Å². The lowest BCUT2D eigenvalue weighted by molar-refractivity contribution is 0.0581. The summed E-state index contributed by atoms with van der Waals surface area (Å²) in [4.78, 5) is 15.4. The van der Waals surface area contributed by atoms with Gasteiger partial charge in [0.1, 0.15) is 12.3 Å². The fourth-order valence-electron chi connectivity index (χ4n) is 0.961. The van der Waals surface area contributed by atoms with Gasteiger partial charge in [0.05, 0.1) is 11.8 Å². The van der Waals surface area contributed by atoms with Crippen molar-refractivity contribution in [2.75, 3.05) is 12.3 Å². The van der Waals surface area contributed by atoms with Crippen LogP contribution in [0.1, 0.15) is 24.3 Å². The minimum atomic E-state index is -0.184. The third-order valence-corrected chi connectivity index (χ3v) is 1.65. The van der Waals surface area contributed by atoms with E-state index in [1.165, 1.54) is 0 Å². The zero-order valence-electron chi connectivity index (χ0n) is 8.36. The van der Waals surface area contributed by atoms with Gasteiger partial charge in [0.15, 0.2) is 0 Å². The molecule has 0 aliphatic rings. The van der Waals surface area contributed by atoms with Gasteiger partial charge in [-0.1, -0.05) is 0 Å². The summed E-state index contributed by atoms with van der Waals surface area (Å²) in [6.45, 7) is 3.77. The van der Waals surface area contributed by atoms with Crippen LogP contribution in [0.5, 0.6) is 0 Å². The van der Waals surface area contributed by atoms with E-state index in [0.717, 1.165) is 0 Å². The first-order chi connectivity index (χ1) is 6.61. The average molecular weight is 194 g/mol. The van der Waals surface area contributed by atoms with E-state index in [1.807, 2.05) is 13.8 Å². The first-order valence-electron chi connectivity index (χ1n) is 4.46. The molecule has 1 aromatic heterocycles. The van der Waals surface area contributed by atoms with Crippen molar-refractivity contribution in [1.82, 2.24) is 4.98 Å². The first-order valence-corrected chi connectivity index (χ1v) is 4.46. The molecule has 0 radical (unpaired) electrons. The third kappa shape index (κ3) is 2.81. The summed E-state index contributed by atoms with van der Waals surface area (Å²) in [6.07, 6.45) is 1.57. The number of carbonyl (C=O) groups is 1. The Morgan fingerprint density at radius 3 is 2.93 bits per heavy atom. The van der Waals surface area contributed by atoms with Crippen LogP contribution >= 0.6 is 0 Å².